The highest BCUT2D eigenvalue weighted by molar-refractivity contribution is 5.44. The number of anilines is 1. The van der Waals surface area contributed by atoms with Crippen LogP contribution < -0.4 is 5.32 Å². The van der Waals surface area contributed by atoms with Crippen LogP contribution in [0.3, 0.4) is 0 Å². The molecule has 0 aliphatic rings. The zero-order chi connectivity index (χ0) is 12.1. The highest BCUT2D eigenvalue weighted by Crippen LogP contribution is 2.16. The Labute approximate surface area is 95.9 Å². The predicted octanol–water partition coefficient (Wildman–Crippen LogP) is 4.20. The van der Waals surface area contributed by atoms with Crippen LogP contribution in [-0.2, 0) is 0 Å². The Morgan fingerprint density at radius 2 is 1.56 bits per heavy atom. The van der Waals surface area contributed by atoms with Gasteiger partial charge in [-0.3, -0.25) is 0 Å². The fraction of sp³-hybridized carbons (Fsp3) is 0.538. The number of benzene rings is 1. The average molecular weight is 227 g/mol. The van der Waals surface area contributed by atoms with E-state index in [0.29, 0.717) is 11.6 Å². The summed E-state index contributed by atoms with van der Waals surface area (Å²) in [5, 5.41) is 3.10. The van der Waals surface area contributed by atoms with Crippen molar-refractivity contribution in [1.29, 1.82) is 0 Å². The minimum Gasteiger partial charge on any atom is -0.382 e. The molecule has 0 saturated carbocycles. The van der Waals surface area contributed by atoms with Crippen molar-refractivity contribution in [3.05, 3.63) is 29.8 Å². The highest BCUT2D eigenvalue weighted by atomic mass is 19.1. The first-order valence-electron chi connectivity index (χ1n) is 5.70. The van der Waals surface area contributed by atoms with Gasteiger partial charge in [-0.25, -0.2) is 8.78 Å². The Balaban J connectivity index is 2.52. The SMILES string of the molecule is CC(C)CCC(C)Nc1cc(F)cc(F)c1. The van der Waals surface area contributed by atoms with E-state index in [1.807, 2.05) is 6.92 Å². The number of nitrogens with one attached hydrogen (secondary N) is 1. The van der Waals surface area contributed by atoms with Crippen LogP contribution >= 0.6 is 0 Å². The zero-order valence-corrected chi connectivity index (χ0v) is 10.1. The van der Waals surface area contributed by atoms with E-state index in [1.54, 1.807) is 0 Å². The van der Waals surface area contributed by atoms with Gasteiger partial charge in [0, 0.05) is 17.8 Å². The van der Waals surface area contributed by atoms with Crippen molar-refractivity contribution >= 4 is 5.69 Å². The Bertz CT molecular complexity index is 316. The maximum atomic E-state index is 12.9. The van der Waals surface area contributed by atoms with Gasteiger partial charge in [-0.05, 0) is 37.8 Å². The van der Waals surface area contributed by atoms with E-state index in [0.717, 1.165) is 18.9 Å². The van der Waals surface area contributed by atoms with Crippen LogP contribution in [0.1, 0.15) is 33.6 Å². The van der Waals surface area contributed by atoms with Gasteiger partial charge < -0.3 is 5.32 Å². The minimum atomic E-state index is -0.543. The minimum absolute atomic E-state index is 0.226. The standard InChI is InChI=1S/C13H19F2N/c1-9(2)4-5-10(3)16-13-7-11(14)6-12(15)8-13/h6-10,16H,4-5H2,1-3H3. The van der Waals surface area contributed by atoms with E-state index in [-0.39, 0.29) is 6.04 Å². The van der Waals surface area contributed by atoms with Gasteiger partial charge in [0.05, 0.1) is 0 Å². The summed E-state index contributed by atoms with van der Waals surface area (Å²) in [4.78, 5) is 0. The molecule has 1 unspecified atom stereocenters. The normalized spacial score (nSPS) is 12.9. The molecular formula is C13H19F2N. The molecule has 1 aromatic rings. The quantitative estimate of drug-likeness (QED) is 0.794. The summed E-state index contributed by atoms with van der Waals surface area (Å²) in [6.45, 7) is 6.34. The highest BCUT2D eigenvalue weighted by Gasteiger charge is 2.05. The summed E-state index contributed by atoms with van der Waals surface area (Å²) in [6, 6.07) is 3.73. The largest absolute Gasteiger partial charge is 0.382 e. The number of rotatable bonds is 5. The summed E-state index contributed by atoms with van der Waals surface area (Å²) in [6.07, 6.45) is 2.10. The summed E-state index contributed by atoms with van der Waals surface area (Å²) < 4.78 is 25.8. The van der Waals surface area contributed by atoms with Gasteiger partial charge in [0.2, 0.25) is 0 Å². The fourth-order valence-corrected chi connectivity index (χ4v) is 1.58. The van der Waals surface area contributed by atoms with Crippen LogP contribution in [0.5, 0.6) is 0 Å². The van der Waals surface area contributed by atoms with Crippen molar-refractivity contribution in [3.63, 3.8) is 0 Å². The van der Waals surface area contributed by atoms with Crippen molar-refractivity contribution in [2.24, 2.45) is 5.92 Å². The molecule has 90 valence electrons. The Morgan fingerprint density at radius 3 is 2.06 bits per heavy atom. The lowest BCUT2D eigenvalue weighted by atomic mass is 10.0. The molecule has 1 N–H and O–H groups in total. The van der Waals surface area contributed by atoms with Crippen LogP contribution in [0.4, 0.5) is 14.5 Å². The lowest BCUT2D eigenvalue weighted by Crippen LogP contribution is -2.16. The second-order valence-corrected chi connectivity index (χ2v) is 4.67. The molecule has 0 heterocycles. The topological polar surface area (TPSA) is 12.0 Å². The molecule has 1 aromatic carbocycles. The summed E-state index contributed by atoms with van der Waals surface area (Å²) in [7, 11) is 0. The lowest BCUT2D eigenvalue weighted by molar-refractivity contribution is 0.527. The van der Waals surface area contributed by atoms with Crippen molar-refractivity contribution in [2.75, 3.05) is 5.32 Å². The third kappa shape index (κ3) is 4.60. The Hall–Kier alpha value is -1.12. The van der Waals surface area contributed by atoms with Gasteiger partial charge in [-0.2, -0.15) is 0 Å². The molecule has 1 rings (SSSR count). The van der Waals surface area contributed by atoms with Gasteiger partial charge >= 0.3 is 0 Å². The third-order valence-corrected chi connectivity index (χ3v) is 2.45. The van der Waals surface area contributed by atoms with Crippen molar-refractivity contribution in [3.8, 4) is 0 Å². The van der Waals surface area contributed by atoms with E-state index >= 15 is 0 Å². The molecule has 0 fully saturated rings. The maximum Gasteiger partial charge on any atom is 0.128 e. The van der Waals surface area contributed by atoms with E-state index < -0.39 is 11.6 Å². The van der Waals surface area contributed by atoms with Gasteiger partial charge in [-0.1, -0.05) is 13.8 Å². The number of hydrogen-bond donors (Lipinski definition) is 1. The van der Waals surface area contributed by atoms with Gasteiger partial charge in [-0.15, -0.1) is 0 Å². The lowest BCUT2D eigenvalue weighted by Gasteiger charge is -2.16. The molecule has 0 spiro atoms. The number of hydrogen-bond acceptors (Lipinski definition) is 1. The molecule has 3 heteroatoms. The second kappa shape index (κ2) is 5.83. The summed E-state index contributed by atoms with van der Waals surface area (Å²) >= 11 is 0. The molecule has 16 heavy (non-hydrogen) atoms. The van der Waals surface area contributed by atoms with Crippen molar-refractivity contribution in [1.82, 2.24) is 0 Å². The smallest absolute Gasteiger partial charge is 0.128 e. The molecule has 0 bridgehead atoms. The fourth-order valence-electron chi connectivity index (χ4n) is 1.58. The van der Waals surface area contributed by atoms with Gasteiger partial charge in [0.15, 0.2) is 0 Å². The van der Waals surface area contributed by atoms with E-state index in [1.165, 1.54) is 12.1 Å². The molecule has 0 amide bonds. The van der Waals surface area contributed by atoms with Crippen LogP contribution in [0.25, 0.3) is 0 Å². The molecule has 1 atom stereocenters. The van der Waals surface area contributed by atoms with Crippen LogP contribution in [0.2, 0.25) is 0 Å². The van der Waals surface area contributed by atoms with E-state index in [9.17, 15) is 8.78 Å². The molecular weight excluding hydrogens is 208 g/mol. The predicted molar refractivity (Wildman–Crippen MR) is 63.5 cm³/mol. The number of halogens is 2. The molecule has 0 aliphatic carbocycles. The van der Waals surface area contributed by atoms with E-state index in [4.69, 9.17) is 0 Å². The zero-order valence-electron chi connectivity index (χ0n) is 10.1. The average Bonchev–Trinajstić information content (AvgIpc) is 2.12. The van der Waals surface area contributed by atoms with Gasteiger partial charge in [0.1, 0.15) is 11.6 Å². The molecule has 0 saturated heterocycles. The monoisotopic (exact) mass is 227 g/mol. The molecule has 0 radical (unpaired) electrons. The molecule has 1 nitrogen and oxygen atoms in total. The van der Waals surface area contributed by atoms with Crippen LogP contribution in [-0.4, -0.2) is 6.04 Å². The third-order valence-electron chi connectivity index (χ3n) is 2.45. The second-order valence-electron chi connectivity index (χ2n) is 4.67. The maximum absolute atomic E-state index is 12.9. The first kappa shape index (κ1) is 12.9. The summed E-state index contributed by atoms with van der Waals surface area (Å²) in [5.74, 6) is -0.439. The molecule has 0 aromatic heterocycles. The first-order chi connectivity index (χ1) is 7.47. The van der Waals surface area contributed by atoms with Crippen LogP contribution in [0.15, 0.2) is 18.2 Å². The first-order valence-corrected chi connectivity index (χ1v) is 5.70. The Kier molecular flexibility index (Phi) is 4.71. The summed E-state index contributed by atoms with van der Waals surface area (Å²) in [5.41, 5.74) is 0.508. The van der Waals surface area contributed by atoms with Gasteiger partial charge in [0.25, 0.3) is 0 Å². The molecule has 0 aliphatic heterocycles. The Morgan fingerprint density at radius 1 is 1.00 bits per heavy atom. The van der Waals surface area contributed by atoms with E-state index in [2.05, 4.69) is 19.2 Å². The van der Waals surface area contributed by atoms with Crippen molar-refractivity contribution < 1.29 is 8.78 Å². The van der Waals surface area contributed by atoms with Crippen molar-refractivity contribution in [2.45, 2.75) is 39.7 Å². The van der Waals surface area contributed by atoms with Crippen LogP contribution in [0, 0.1) is 17.6 Å².